The van der Waals surface area contributed by atoms with Gasteiger partial charge in [-0.05, 0) is 79.8 Å². The number of fused-ring (bicyclic) bond motifs is 2. The van der Waals surface area contributed by atoms with Crippen molar-refractivity contribution < 1.29 is 33.4 Å². The fourth-order valence-electron chi connectivity index (χ4n) is 5.46. The molecule has 4 atom stereocenters. The Morgan fingerprint density at radius 1 is 1.15 bits per heavy atom. The molecule has 2 aromatic rings. The van der Waals surface area contributed by atoms with Crippen LogP contribution in [-0.4, -0.2) is 48.7 Å². The van der Waals surface area contributed by atoms with Crippen LogP contribution in [0.5, 0.6) is 11.5 Å². The Morgan fingerprint density at radius 2 is 1.95 bits per heavy atom. The Balaban J connectivity index is 1.39. The van der Waals surface area contributed by atoms with Gasteiger partial charge in [0.25, 0.3) is 11.8 Å². The number of nitrogens with one attached hydrogen (secondary N) is 2. The summed E-state index contributed by atoms with van der Waals surface area (Å²) < 4.78 is 17.0. The van der Waals surface area contributed by atoms with E-state index in [2.05, 4.69) is 23.3 Å². The molecule has 2 aliphatic carbocycles. The average Bonchev–Trinajstić information content (AvgIpc) is 3.64. The van der Waals surface area contributed by atoms with Gasteiger partial charge in [-0.1, -0.05) is 20.3 Å². The number of carbonyl (C=O) groups is 3. The first-order valence-electron chi connectivity index (χ1n) is 13.3. The van der Waals surface area contributed by atoms with E-state index in [1.165, 1.54) is 26.4 Å². The number of carboxylic acids is 1. The molecule has 0 aliphatic heterocycles. The summed E-state index contributed by atoms with van der Waals surface area (Å²) in [6.45, 7) is 3.39. The van der Waals surface area contributed by atoms with Gasteiger partial charge in [0.15, 0.2) is 18.1 Å². The van der Waals surface area contributed by atoms with Gasteiger partial charge in [-0.2, -0.15) is 0 Å². The van der Waals surface area contributed by atoms with E-state index in [9.17, 15) is 19.5 Å². The number of benzene rings is 1. The summed E-state index contributed by atoms with van der Waals surface area (Å²) in [5.41, 5.74) is 0.668. The smallest absolute Gasteiger partial charge is 0.326 e. The Morgan fingerprint density at radius 3 is 2.59 bits per heavy atom. The van der Waals surface area contributed by atoms with Crippen molar-refractivity contribution in [3.05, 3.63) is 41.0 Å². The van der Waals surface area contributed by atoms with Crippen molar-refractivity contribution in [1.82, 2.24) is 10.6 Å². The van der Waals surface area contributed by atoms with E-state index in [0.717, 1.165) is 12.3 Å². The van der Waals surface area contributed by atoms with E-state index in [-0.39, 0.29) is 29.4 Å². The molecule has 2 bridgehead atoms. The lowest BCUT2D eigenvalue weighted by atomic mass is 9.95. The molecule has 2 aliphatic rings. The normalized spacial score (nSPS) is 21.1. The Kier molecular flexibility index (Phi) is 9.27. The second-order valence-electron chi connectivity index (χ2n) is 10.7. The van der Waals surface area contributed by atoms with Crippen LogP contribution in [0.3, 0.4) is 0 Å². The number of thiol groups is 1. The monoisotopic (exact) mass is 556 g/mol. The minimum Gasteiger partial charge on any atom is -0.493 e. The number of hydrogen-bond acceptors (Lipinski definition) is 7. The van der Waals surface area contributed by atoms with Crippen molar-refractivity contribution in [2.24, 2.45) is 17.8 Å². The molecule has 10 heteroatoms. The summed E-state index contributed by atoms with van der Waals surface area (Å²) >= 11 is 4.40. The third-order valence-electron chi connectivity index (χ3n) is 7.34. The largest absolute Gasteiger partial charge is 0.493 e. The average molecular weight is 557 g/mol. The number of aliphatic carboxylic acids is 1. The fraction of sp³-hybridized carbons (Fsp3) is 0.483. The number of furan rings is 1. The molecule has 9 nitrogen and oxygen atoms in total. The summed E-state index contributed by atoms with van der Waals surface area (Å²) in [5.74, 6) is 1.28. The first-order valence-corrected chi connectivity index (χ1v) is 13.7. The lowest BCUT2D eigenvalue weighted by Gasteiger charge is -2.22. The molecule has 1 aromatic heterocycles. The van der Waals surface area contributed by atoms with Crippen LogP contribution in [0.1, 0.15) is 51.7 Å². The Labute approximate surface area is 233 Å². The zero-order chi connectivity index (χ0) is 28.1. The number of amides is 2. The number of carboxylic acid groups (broad SMARTS) is 1. The summed E-state index contributed by atoms with van der Waals surface area (Å²) in [4.78, 5) is 36.7. The zero-order valence-electron chi connectivity index (χ0n) is 22.4. The van der Waals surface area contributed by atoms with Crippen LogP contribution in [0.2, 0.25) is 0 Å². The van der Waals surface area contributed by atoms with Crippen LogP contribution in [0.4, 0.5) is 0 Å². The molecule has 1 heterocycles. The van der Waals surface area contributed by atoms with Crippen LogP contribution in [0.15, 0.2) is 39.7 Å². The van der Waals surface area contributed by atoms with Crippen molar-refractivity contribution in [3.63, 3.8) is 0 Å². The van der Waals surface area contributed by atoms with Gasteiger partial charge in [0.2, 0.25) is 0 Å². The SMILES string of the molecule is COc1ccc(-c2ccc(/C=C(\S)C(=O)NC3CC4CCC3C4)o2)cc1OCC(=O)N[C@@H](CC(C)C)C(=O)O. The molecule has 4 rings (SSSR count). The number of rotatable bonds is 12. The second-order valence-corrected chi connectivity index (χ2v) is 11.2. The first kappa shape index (κ1) is 28.6. The van der Waals surface area contributed by atoms with Crippen LogP contribution in [0.25, 0.3) is 17.4 Å². The minimum atomic E-state index is -1.09. The van der Waals surface area contributed by atoms with Gasteiger partial charge in [-0.15, -0.1) is 12.6 Å². The molecule has 0 saturated heterocycles. The number of methoxy groups -OCH3 is 1. The van der Waals surface area contributed by atoms with Crippen molar-refractivity contribution in [1.29, 1.82) is 0 Å². The van der Waals surface area contributed by atoms with E-state index in [4.69, 9.17) is 13.9 Å². The summed E-state index contributed by atoms with van der Waals surface area (Å²) in [5, 5.41) is 15.0. The van der Waals surface area contributed by atoms with Gasteiger partial charge in [-0.25, -0.2) is 4.79 Å². The maximum atomic E-state index is 12.7. The van der Waals surface area contributed by atoms with Gasteiger partial charge < -0.3 is 29.6 Å². The van der Waals surface area contributed by atoms with Crippen molar-refractivity contribution in [2.75, 3.05) is 13.7 Å². The fourth-order valence-corrected chi connectivity index (χ4v) is 5.66. The van der Waals surface area contributed by atoms with Crippen LogP contribution < -0.4 is 20.1 Å². The molecule has 2 amide bonds. The second kappa shape index (κ2) is 12.6. The van der Waals surface area contributed by atoms with Gasteiger partial charge in [0.1, 0.15) is 17.6 Å². The summed E-state index contributed by atoms with van der Waals surface area (Å²) in [7, 11) is 1.48. The molecular weight excluding hydrogens is 520 g/mol. The topological polar surface area (TPSA) is 127 Å². The van der Waals surface area contributed by atoms with Crippen molar-refractivity contribution in [3.8, 4) is 22.8 Å². The highest BCUT2D eigenvalue weighted by Gasteiger charge is 2.40. The molecule has 2 saturated carbocycles. The van der Waals surface area contributed by atoms with Crippen LogP contribution >= 0.6 is 12.6 Å². The van der Waals surface area contributed by atoms with E-state index in [1.54, 1.807) is 36.4 Å². The molecular formula is C29H36N2O7S. The maximum Gasteiger partial charge on any atom is 0.326 e. The minimum absolute atomic E-state index is 0.104. The lowest BCUT2D eigenvalue weighted by molar-refractivity contribution is -0.142. The number of carbonyl (C=O) groups excluding carboxylic acids is 2. The Bertz CT molecular complexity index is 1240. The van der Waals surface area contributed by atoms with Gasteiger partial charge in [-0.3, -0.25) is 9.59 Å². The van der Waals surface area contributed by atoms with E-state index >= 15 is 0 Å². The summed E-state index contributed by atoms with van der Waals surface area (Å²) in [6, 6.07) is 7.89. The third-order valence-corrected chi connectivity index (χ3v) is 7.67. The Hall–Kier alpha value is -3.40. The van der Waals surface area contributed by atoms with E-state index in [1.807, 2.05) is 13.8 Å². The van der Waals surface area contributed by atoms with Crippen molar-refractivity contribution >= 4 is 36.5 Å². The van der Waals surface area contributed by atoms with Gasteiger partial charge >= 0.3 is 5.97 Å². The predicted octanol–water partition coefficient (Wildman–Crippen LogP) is 4.53. The maximum absolute atomic E-state index is 12.7. The molecule has 1 aromatic carbocycles. The molecule has 3 unspecified atom stereocenters. The summed E-state index contributed by atoms with van der Waals surface area (Å²) in [6.07, 6.45) is 6.61. The van der Waals surface area contributed by atoms with Gasteiger partial charge in [0, 0.05) is 11.6 Å². The first-order chi connectivity index (χ1) is 18.6. The van der Waals surface area contributed by atoms with E-state index in [0.29, 0.717) is 40.9 Å². The lowest BCUT2D eigenvalue weighted by Crippen LogP contribution is -2.43. The predicted molar refractivity (Wildman–Crippen MR) is 150 cm³/mol. The van der Waals surface area contributed by atoms with Crippen LogP contribution in [0, 0.1) is 17.8 Å². The molecule has 0 spiro atoms. The third kappa shape index (κ3) is 7.38. The standard InChI is InChI=1S/C29H36N2O7S/c1-16(2)10-22(29(34)35)30-27(32)15-37-25-13-19(6-8-24(25)36-3)23-9-7-20(38-23)14-26(39)28(33)31-21-12-17-4-5-18(21)11-17/h6-9,13-14,16-18,21-22,39H,4-5,10-12,15H2,1-3H3,(H,30,32)(H,31,33)(H,34,35)/b26-14-/t17?,18?,21?,22-/m0/s1. The van der Waals surface area contributed by atoms with Crippen LogP contribution in [-0.2, 0) is 14.4 Å². The highest BCUT2D eigenvalue weighted by molar-refractivity contribution is 7.85. The molecule has 0 radical (unpaired) electrons. The highest BCUT2D eigenvalue weighted by atomic mass is 32.1. The zero-order valence-corrected chi connectivity index (χ0v) is 23.3. The number of ether oxygens (including phenoxy) is 2. The highest BCUT2D eigenvalue weighted by Crippen LogP contribution is 2.44. The van der Waals surface area contributed by atoms with Gasteiger partial charge in [0.05, 0.1) is 12.0 Å². The molecule has 3 N–H and O–H groups in total. The molecule has 2 fully saturated rings. The number of hydrogen-bond donors (Lipinski definition) is 4. The molecule has 39 heavy (non-hydrogen) atoms. The quantitative estimate of drug-likeness (QED) is 0.224. The van der Waals surface area contributed by atoms with Crippen molar-refractivity contribution in [2.45, 2.75) is 58.0 Å². The molecule has 210 valence electrons. The van der Waals surface area contributed by atoms with E-state index < -0.39 is 17.9 Å².